The van der Waals surface area contributed by atoms with E-state index in [1.54, 1.807) is 6.07 Å². The zero-order chi connectivity index (χ0) is 14.0. The van der Waals surface area contributed by atoms with Crippen LogP contribution in [0.2, 0.25) is 0 Å². The van der Waals surface area contributed by atoms with Crippen molar-refractivity contribution in [3.05, 3.63) is 28.2 Å². The smallest absolute Gasteiger partial charge is 0.213 e. The van der Waals surface area contributed by atoms with Crippen molar-refractivity contribution >= 4 is 31.6 Å². The Balaban J connectivity index is 2.23. The minimum atomic E-state index is -3.50. The molecular formula is C12H14BrN3O2S. The van der Waals surface area contributed by atoms with Crippen molar-refractivity contribution < 1.29 is 8.42 Å². The first-order valence-corrected chi connectivity index (χ1v) is 8.28. The molecule has 1 aromatic rings. The van der Waals surface area contributed by atoms with E-state index in [2.05, 4.69) is 22.0 Å². The van der Waals surface area contributed by atoms with E-state index in [9.17, 15) is 8.42 Å². The van der Waals surface area contributed by atoms with Gasteiger partial charge in [-0.15, -0.1) is 0 Å². The fourth-order valence-electron chi connectivity index (χ4n) is 2.23. The van der Waals surface area contributed by atoms with Gasteiger partial charge in [0.15, 0.2) is 0 Å². The normalized spacial score (nSPS) is 20.1. The molecule has 2 rings (SSSR count). The van der Waals surface area contributed by atoms with Crippen LogP contribution in [0.3, 0.4) is 0 Å². The highest BCUT2D eigenvalue weighted by atomic mass is 79.9. The maximum absolute atomic E-state index is 11.4. The number of halogens is 1. The van der Waals surface area contributed by atoms with Crippen LogP contribution in [-0.4, -0.2) is 26.8 Å². The van der Waals surface area contributed by atoms with Crippen molar-refractivity contribution in [2.45, 2.75) is 18.1 Å². The van der Waals surface area contributed by atoms with Gasteiger partial charge in [-0.3, -0.25) is 0 Å². The summed E-state index contributed by atoms with van der Waals surface area (Å²) in [5.74, 6) is 0. The highest BCUT2D eigenvalue weighted by Gasteiger charge is 2.28. The summed E-state index contributed by atoms with van der Waals surface area (Å²) >= 11 is 3.34. The summed E-state index contributed by atoms with van der Waals surface area (Å²) in [6, 6.07) is 7.46. The lowest BCUT2D eigenvalue weighted by Gasteiger charge is -2.33. The summed E-state index contributed by atoms with van der Waals surface area (Å²) in [4.78, 5) is 1.99. The highest BCUT2D eigenvalue weighted by molar-refractivity contribution is 9.10. The average Bonchev–Trinajstić information content (AvgIpc) is 2.38. The van der Waals surface area contributed by atoms with Crippen LogP contribution in [0.25, 0.3) is 0 Å². The van der Waals surface area contributed by atoms with Gasteiger partial charge >= 0.3 is 0 Å². The van der Waals surface area contributed by atoms with E-state index in [0.717, 1.165) is 18.7 Å². The summed E-state index contributed by atoms with van der Waals surface area (Å²) in [6.07, 6.45) is 1.39. The molecule has 0 aliphatic carbocycles. The molecule has 1 atom stereocenters. The molecule has 7 heteroatoms. The topological polar surface area (TPSA) is 87.2 Å². The van der Waals surface area contributed by atoms with Crippen molar-refractivity contribution in [2.24, 2.45) is 5.14 Å². The van der Waals surface area contributed by atoms with Gasteiger partial charge in [0.1, 0.15) is 6.07 Å². The number of sulfonamides is 1. The quantitative estimate of drug-likeness (QED) is 0.882. The van der Waals surface area contributed by atoms with Crippen LogP contribution in [0, 0.1) is 11.3 Å². The first kappa shape index (κ1) is 14.3. The molecule has 1 saturated heterocycles. The molecule has 2 N–H and O–H groups in total. The molecular weight excluding hydrogens is 330 g/mol. The minimum Gasteiger partial charge on any atom is -0.370 e. The van der Waals surface area contributed by atoms with E-state index in [-0.39, 0.29) is 0 Å². The molecule has 102 valence electrons. The second-order valence-corrected chi connectivity index (χ2v) is 7.27. The third kappa shape index (κ3) is 3.26. The molecule has 19 heavy (non-hydrogen) atoms. The lowest BCUT2D eigenvalue weighted by atomic mass is 10.1. The average molecular weight is 344 g/mol. The van der Waals surface area contributed by atoms with Gasteiger partial charge < -0.3 is 4.90 Å². The first-order chi connectivity index (χ1) is 8.91. The van der Waals surface area contributed by atoms with E-state index in [0.29, 0.717) is 23.0 Å². The number of nitriles is 1. The Morgan fingerprint density at radius 3 is 2.79 bits per heavy atom. The highest BCUT2D eigenvalue weighted by Crippen LogP contribution is 2.27. The molecule has 0 amide bonds. The van der Waals surface area contributed by atoms with Gasteiger partial charge in [-0.05, 0) is 47.0 Å². The summed E-state index contributed by atoms with van der Waals surface area (Å²) in [6.45, 7) is 1.20. The lowest BCUT2D eigenvalue weighted by molar-refractivity contribution is 0.533. The van der Waals surface area contributed by atoms with Gasteiger partial charge in [-0.25, -0.2) is 13.6 Å². The standard InChI is InChI=1S/C12H14BrN3O2S/c13-12-6-10(4-3-9(12)7-14)16-5-1-2-11(8-16)19(15,17)18/h3-4,6,11H,1-2,5,8H2,(H2,15,17,18)/t11-/m0/s1. The third-order valence-corrected chi connectivity index (χ3v) is 5.25. The molecule has 1 aromatic carbocycles. The van der Waals surface area contributed by atoms with Crippen LogP contribution in [0.1, 0.15) is 18.4 Å². The third-order valence-electron chi connectivity index (χ3n) is 3.28. The Bertz CT molecular complexity index is 624. The van der Waals surface area contributed by atoms with Crippen LogP contribution < -0.4 is 10.0 Å². The van der Waals surface area contributed by atoms with Crippen molar-refractivity contribution in [1.82, 2.24) is 0 Å². The minimum absolute atomic E-state index is 0.400. The summed E-state index contributed by atoms with van der Waals surface area (Å²) in [5.41, 5.74) is 1.46. The first-order valence-electron chi connectivity index (χ1n) is 5.88. The molecule has 0 unspecified atom stereocenters. The van der Waals surface area contributed by atoms with Gasteiger partial charge in [0, 0.05) is 23.2 Å². The fraction of sp³-hybridized carbons (Fsp3) is 0.417. The SMILES string of the molecule is N#Cc1ccc(N2CCC[C@H](S(N)(=O)=O)C2)cc1Br. The van der Waals surface area contributed by atoms with Gasteiger partial charge in [0.2, 0.25) is 10.0 Å². The Hall–Kier alpha value is -1.10. The second kappa shape index (κ2) is 5.49. The number of nitrogens with zero attached hydrogens (tertiary/aromatic N) is 2. The molecule has 1 fully saturated rings. The number of nitrogens with two attached hydrogens (primary N) is 1. The molecule has 1 heterocycles. The Morgan fingerprint density at radius 2 is 2.21 bits per heavy atom. The summed E-state index contributed by atoms with van der Waals surface area (Å²) < 4.78 is 23.6. The van der Waals surface area contributed by atoms with Crippen LogP contribution in [0.5, 0.6) is 0 Å². The van der Waals surface area contributed by atoms with Gasteiger partial charge in [-0.1, -0.05) is 0 Å². The number of benzene rings is 1. The number of hydrogen-bond donors (Lipinski definition) is 1. The molecule has 1 aliphatic rings. The number of piperidine rings is 1. The number of anilines is 1. The fourth-order valence-corrected chi connectivity index (χ4v) is 3.57. The predicted molar refractivity (Wildman–Crippen MR) is 77.2 cm³/mol. The second-order valence-electron chi connectivity index (χ2n) is 4.58. The monoisotopic (exact) mass is 343 g/mol. The van der Waals surface area contributed by atoms with Crippen LogP contribution >= 0.6 is 15.9 Å². The van der Waals surface area contributed by atoms with Gasteiger partial charge in [0.05, 0.1) is 10.8 Å². The van der Waals surface area contributed by atoms with E-state index in [1.807, 2.05) is 17.0 Å². The van der Waals surface area contributed by atoms with Crippen molar-refractivity contribution in [1.29, 1.82) is 5.26 Å². The van der Waals surface area contributed by atoms with Crippen molar-refractivity contribution in [3.8, 4) is 6.07 Å². The van der Waals surface area contributed by atoms with Crippen LogP contribution in [0.15, 0.2) is 22.7 Å². The molecule has 0 aromatic heterocycles. The largest absolute Gasteiger partial charge is 0.370 e. The Kier molecular flexibility index (Phi) is 4.13. The molecule has 0 saturated carbocycles. The van der Waals surface area contributed by atoms with E-state index in [1.165, 1.54) is 0 Å². The Morgan fingerprint density at radius 1 is 1.47 bits per heavy atom. The predicted octanol–water partition coefficient (Wildman–Crippen LogP) is 1.58. The Labute approximate surface area is 121 Å². The molecule has 0 radical (unpaired) electrons. The van der Waals surface area contributed by atoms with E-state index >= 15 is 0 Å². The van der Waals surface area contributed by atoms with Crippen LogP contribution in [0.4, 0.5) is 5.69 Å². The maximum Gasteiger partial charge on any atom is 0.213 e. The van der Waals surface area contributed by atoms with Crippen LogP contribution in [-0.2, 0) is 10.0 Å². The number of hydrogen-bond acceptors (Lipinski definition) is 4. The van der Waals surface area contributed by atoms with Crippen molar-refractivity contribution in [3.63, 3.8) is 0 Å². The molecule has 1 aliphatic heterocycles. The van der Waals surface area contributed by atoms with Crippen molar-refractivity contribution in [2.75, 3.05) is 18.0 Å². The van der Waals surface area contributed by atoms with Gasteiger partial charge in [0.25, 0.3) is 0 Å². The van der Waals surface area contributed by atoms with Gasteiger partial charge in [-0.2, -0.15) is 5.26 Å². The van der Waals surface area contributed by atoms with E-state index < -0.39 is 15.3 Å². The molecule has 5 nitrogen and oxygen atoms in total. The lowest BCUT2D eigenvalue weighted by Crippen LogP contribution is -2.44. The zero-order valence-corrected chi connectivity index (χ0v) is 12.6. The molecule has 0 bridgehead atoms. The zero-order valence-electron chi connectivity index (χ0n) is 10.2. The summed E-state index contributed by atoms with van der Waals surface area (Å²) in [5, 5.41) is 13.6. The molecule has 0 spiro atoms. The number of primary sulfonamides is 1. The number of rotatable bonds is 2. The maximum atomic E-state index is 11.4. The van der Waals surface area contributed by atoms with E-state index in [4.69, 9.17) is 10.4 Å². The summed E-state index contributed by atoms with van der Waals surface area (Å²) in [7, 11) is -3.50.